The Balaban J connectivity index is 1.95. The average Bonchev–Trinajstić information content (AvgIpc) is 3.03. The molecule has 0 unspecified atom stereocenters. The van der Waals surface area contributed by atoms with Crippen LogP contribution in [0.3, 0.4) is 0 Å². The molecule has 0 radical (unpaired) electrons. The highest BCUT2D eigenvalue weighted by atomic mass is 32.2. The number of aromatic nitrogens is 2. The molecule has 2 aromatic heterocycles. The molecule has 4 rings (SSSR count). The van der Waals surface area contributed by atoms with Gasteiger partial charge in [-0.3, -0.25) is 28.5 Å². The maximum atomic E-state index is 13.6. The fourth-order valence-electron chi connectivity index (χ4n) is 3.73. The Morgan fingerprint density at radius 1 is 1.39 bits per heavy atom. The average molecular weight is 488 g/mol. The van der Waals surface area contributed by atoms with Gasteiger partial charge in [0, 0.05) is 26.3 Å². The van der Waals surface area contributed by atoms with Crippen molar-refractivity contribution in [1.29, 1.82) is 0 Å². The van der Waals surface area contributed by atoms with Crippen LogP contribution in [0.15, 0.2) is 28.0 Å². The number of aryl methyl sites for hydroxylation is 1. The van der Waals surface area contributed by atoms with Gasteiger partial charge in [-0.15, -0.1) is 0 Å². The molecule has 0 bridgehead atoms. The van der Waals surface area contributed by atoms with Crippen LogP contribution in [-0.4, -0.2) is 69.7 Å². The second kappa shape index (κ2) is 8.94. The van der Waals surface area contributed by atoms with Crippen LogP contribution in [0, 0.1) is 6.92 Å². The van der Waals surface area contributed by atoms with E-state index in [1.807, 2.05) is 13.0 Å². The fraction of sp³-hybridized carbons (Fsp3) is 0.333. The van der Waals surface area contributed by atoms with Crippen LogP contribution in [0.4, 0.5) is 5.82 Å². The van der Waals surface area contributed by atoms with Crippen LogP contribution in [0.2, 0.25) is 0 Å². The number of carbonyl (C=O) groups excluding carboxylic acids is 3. The molecule has 2 saturated heterocycles. The number of amides is 2. The highest BCUT2D eigenvalue weighted by molar-refractivity contribution is 8.26. The first-order chi connectivity index (χ1) is 15.7. The third-order valence-electron chi connectivity index (χ3n) is 5.52. The Kier molecular flexibility index (Phi) is 6.21. The molecule has 172 valence electrons. The summed E-state index contributed by atoms with van der Waals surface area (Å²) in [5.41, 5.74) is 0.910. The van der Waals surface area contributed by atoms with Gasteiger partial charge in [-0.2, -0.15) is 0 Å². The van der Waals surface area contributed by atoms with Crippen LogP contribution < -0.4 is 15.8 Å². The smallest absolute Gasteiger partial charge is 0.308 e. The summed E-state index contributed by atoms with van der Waals surface area (Å²) in [5.74, 6) is -1.04. The van der Waals surface area contributed by atoms with Crippen LogP contribution in [0.5, 0.6) is 0 Å². The molecule has 2 aliphatic rings. The van der Waals surface area contributed by atoms with Crippen molar-refractivity contribution in [1.82, 2.24) is 19.6 Å². The summed E-state index contributed by atoms with van der Waals surface area (Å²) < 4.78 is 6.54. The zero-order valence-electron chi connectivity index (χ0n) is 18.2. The van der Waals surface area contributed by atoms with Crippen molar-refractivity contribution in [3.63, 3.8) is 0 Å². The van der Waals surface area contributed by atoms with Crippen LogP contribution in [0.25, 0.3) is 11.7 Å². The predicted molar refractivity (Wildman–Crippen MR) is 128 cm³/mol. The van der Waals surface area contributed by atoms with Crippen molar-refractivity contribution < 1.29 is 19.1 Å². The SMILES string of the molecule is COC(=O)C[C@H]1C(=O)NCCN1c1nc2c(C)cccn2c(=O)c1/C=C1/SC(=S)N(C)C1=O. The Morgan fingerprint density at radius 3 is 2.82 bits per heavy atom. The largest absolute Gasteiger partial charge is 0.469 e. The number of hydrogen-bond acceptors (Lipinski definition) is 9. The molecule has 2 fully saturated rings. The molecule has 2 amide bonds. The van der Waals surface area contributed by atoms with Gasteiger partial charge in [0.1, 0.15) is 21.8 Å². The number of nitrogens with zero attached hydrogens (tertiary/aromatic N) is 4. The number of nitrogens with one attached hydrogen (secondary N) is 1. The summed E-state index contributed by atoms with van der Waals surface area (Å²) in [6.45, 7) is 2.45. The molecular formula is C21H21N5O5S2. The Morgan fingerprint density at radius 2 is 2.15 bits per heavy atom. The lowest BCUT2D eigenvalue weighted by Gasteiger charge is -2.36. The second-order valence-corrected chi connectivity index (χ2v) is 9.24. The zero-order valence-corrected chi connectivity index (χ0v) is 19.8. The summed E-state index contributed by atoms with van der Waals surface area (Å²) in [5, 5.41) is 2.74. The monoisotopic (exact) mass is 487 g/mol. The molecule has 33 heavy (non-hydrogen) atoms. The Bertz CT molecular complexity index is 1290. The first kappa shape index (κ1) is 22.9. The van der Waals surface area contributed by atoms with E-state index >= 15 is 0 Å². The number of piperazine rings is 1. The number of rotatable bonds is 4. The van der Waals surface area contributed by atoms with E-state index < -0.39 is 17.6 Å². The first-order valence-corrected chi connectivity index (χ1v) is 11.3. The van der Waals surface area contributed by atoms with E-state index in [1.165, 1.54) is 22.5 Å². The number of carbonyl (C=O) groups is 3. The van der Waals surface area contributed by atoms with Crippen LogP contribution in [-0.2, 0) is 19.1 Å². The first-order valence-electron chi connectivity index (χ1n) is 10.1. The van der Waals surface area contributed by atoms with Crippen LogP contribution in [0.1, 0.15) is 17.5 Å². The van der Waals surface area contributed by atoms with Crippen molar-refractivity contribution in [3.8, 4) is 0 Å². The molecule has 1 atom stereocenters. The predicted octanol–water partition coefficient (Wildman–Crippen LogP) is 0.702. The molecule has 0 spiro atoms. The van der Waals surface area contributed by atoms with Gasteiger partial charge < -0.3 is 15.0 Å². The van der Waals surface area contributed by atoms with Gasteiger partial charge in [0.25, 0.3) is 11.5 Å². The van der Waals surface area contributed by atoms with E-state index in [0.29, 0.717) is 23.1 Å². The Hall–Kier alpha value is -3.25. The van der Waals surface area contributed by atoms with Gasteiger partial charge in [0.2, 0.25) is 5.91 Å². The number of fused-ring (bicyclic) bond motifs is 1. The van der Waals surface area contributed by atoms with Crippen molar-refractivity contribution in [3.05, 3.63) is 44.7 Å². The second-order valence-electron chi connectivity index (χ2n) is 7.56. The third-order valence-corrected chi connectivity index (χ3v) is 7.00. The van der Waals surface area contributed by atoms with E-state index in [-0.39, 0.29) is 34.5 Å². The maximum Gasteiger partial charge on any atom is 0.308 e. The molecule has 4 heterocycles. The van der Waals surface area contributed by atoms with E-state index in [1.54, 1.807) is 24.2 Å². The van der Waals surface area contributed by atoms with Gasteiger partial charge in [-0.1, -0.05) is 30.0 Å². The van der Waals surface area contributed by atoms with E-state index in [2.05, 4.69) is 5.32 Å². The number of esters is 1. The normalized spacial score (nSPS) is 20.0. The molecule has 10 nitrogen and oxygen atoms in total. The number of hydrogen-bond donors (Lipinski definition) is 1. The number of thioether (sulfide) groups is 1. The Labute approximate surface area is 198 Å². The number of thiocarbonyl (C=S) groups is 1. The summed E-state index contributed by atoms with van der Waals surface area (Å²) in [6, 6.07) is 2.63. The lowest BCUT2D eigenvalue weighted by molar-refractivity contribution is -0.143. The zero-order chi connectivity index (χ0) is 23.9. The highest BCUT2D eigenvalue weighted by Crippen LogP contribution is 2.33. The quantitative estimate of drug-likeness (QED) is 0.378. The molecule has 0 aromatic carbocycles. The fourth-order valence-corrected chi connectivity index (χ4v) is 4.90. The van der Waals surface area contributed by atoms with Crippen molar-refractivity contribution in [2.75, 3.05) is 32.1 Å². The van der Waals surface area contributed by atoms with Crippen molar-refractivity contribution >= 4 is 63.6 Å². The third kappa shape index (κ3) is 4.11. The van der Waals surface area contributed by atoms with Gasteiger partial charge in [0.05, 0.1) is 24.0 Å². The summed E-state index contributed by atoms with van der Waals surface area (Å²) in [4.78, 5) is 58.8. The van der Waals surface area contributed by atoms with Gasteiger partial charge in [-0.25, -0.2) is 4.98 Å². The minimum atomic E-state index is -0.919. The molecule has 0 aliphatic carbocycles. The molecule has 0 saturated carbocycles. The van der Waals surface area contributed by atoms with Gasteiger partial charge in [0.15, 0.2) is 0 Å². The van der Waals surface area contributed by atoms with E-state index in [0.717, 1.165) is 17.3 Å². The summed E-state index contributed by atoms with van der Waals surface area (Å²) in [7, 11) is 2.81. The van der Waals surface area contributed by atoms with E-state index in [9.17, 15) is 19.2 Å². The van der Waals surface area contributed by atoms with Crippen LogP contribution >= 0.6 is 24.0 Å². The number of pyridine rings is 1. The molecule has 12 heteroatoms. The van der Waals surface area contributed by atoms with Gasteiger partial charge in [-0.05, 0) is 24.6 Å². The molecule has 2 aromatic rings. The number of anilines is 1. The van der Waals surface area contributed by atoms with Crippen molar-refractivity contribution in [2.24, 2.45) is 0 Å². The van der Waals surface area contributed by atoms with Gasteiger partial charge >= 0.3 is 5.97 Å². The van der Waals surface area contributed by atoms with Crippen molar-refractivity contribution in [2.45, 2.75) is 19.4 Å². The maximum absolute atomic E-state index is 13.6. The standard InChI is InChI=1S/C21H21N5O5S2/c1-11-5-4-7-26-16(11)23-17(25-8-6-22-18(28)13(25)10-15(27)31-3)12(19(26)29)9-14-20(30)24(2)21(32)33-14/h4-5,7,9,13H,6,8,10H2,1-3H3,(H,22,28)/b14-9+/t13-/m0/s1. The lowest BCUT2D eigenvalue weighted by Crippen LogP contribution is -2.57. The highest BCUT2D eigenvalue weighted by Gasteiger charge is 2.36. The van der Waals surface area contributed by atoms with E-state index in [4.69, 9.17) is 21.9 Å². The summed E-state index contributed by atoms with van der Waals surface area (Å²) in [6.07, 6.45) is 2.84. The molecular weight excluding hydrogens is 466 g/mol. The lowest BCUT2D eigenvalue weighted by atomic mass is 10.1. The topological polar surface area (TPSA) is 113 Å². The minimum Gasteiger partial charge on any atom is -0.469 e. The summed E-state index contributed by atoms with van der Waals surface area (Å²) >= 11 is 6.29. The molecule has 2 aliphatic heterocycles. The number of methoxy groups -OCH3 is 1. The number of ether oxygens (including phenoxy) is 1. The molecule has 1 N–H and O–H groups in total. The minimum absolute atomic E-state index is 0.136. The number of likely N-dealkylation sites (N-methyl/N-ethyl adjacent to an activating group) is 1.